The molecule has 0 saturated carbocycles. The molecule has 19 heteroatoms. The van der Waals surface area contributed by atoms with Crippen LogP contribution in [0.2, 0.25) is 0 Å². The van der Waals surface area contributed by atoms with E-state index in [1.54, 1.807) is 0 Å². The number of halogens is 18. The Morgan fingerprint density at radius 1 is 0.515 bits per heavy atom. The molecule has 0 aromatic carbocycles. The van der Waals surface area contributed by atoms with Crippen LogP contribution in [0.4, 0.5) is 74.6 Å². The van der Waals surface area contributed by atoms with Crippen LogP contribution >= 0.6 is 11.6 Å². The Labute approximate surface area is 177 Å². The Kier molecular flexibility index (Phi) is 7.87. The van der Waals surface area contributed by atoms with Gasteiger partial charge in [-0.05, 0) is 18.0 Å². The van der Waals surface area contributed by atoms with E-state index in [0.717, 1.165) is 0 Å². The summed E-state index contributed by atoms with van der Waals surface area (Å²) in [5.41, 5.74) is -2.23. The number of carbonyl (C=O) groups is 1. The van der Waals surface area contributed by atoms with Crippen LogP contribution < -0.4 is 0 Å². The van der Waals surface area contributed by atoms with Gasteiger partial charge in [0.1, 0.15) is 0 Å². The second kappa shape index (κ2) is 8.17. The van der Waals surface area contributed by atoms with Crippen molar-refractivity contribution in [1.29, 1.82) is 0 Å². The number of hydrogen-bond donors (Lipinski definition) is 0. The summed E-state index contributed by atoms with van der Waals surface area (Å²) in [5, 5.41) is -1.56. The molecule has 0 aromatic heterocycles. The Bertz CT molecular complexity index is 736. The third kappa shape index (κ3) is 4.56. The first-order valence-corrected chi connectivity index (χ1v) is 8.19. The van der Waals surface area contributed by atoms with E-state index in [2.05, 4.69) is 0 Å². The van der Waals surface area contributed by atoms with Crippen LogP contribution in [-0.2, 0) is 4.79 Å². The fourth-order valence-electron chi connectivity index (χ4n) is 1.92. The predicted molar refractivity (Wildman–Crippen MR) is 74.6 cm³/mol. The molecule has 0 heterocycles. The van der Waals surface area contributed by atoms with Crippen molar-refractivity contribution in [2.75, 3.05) is 0 Å². The molecule has 0 aromatic rings. The van der Waals surface area contributed by atoms with Crippen LogP contribution in [0.5, 0.6) is 0 Å². The summed E-state index contributed by atoms with van der Waals surface area (Å²) in [6.45, 7) is 1.30. The fraction of sp³-hybridized carbons (Fsp3) is 0.929. The number of carbonyl (C=O) groups excluding carboxylic acids is 1. The van der Waals surface area contributed by atoms with Crippen molar-refractivity contribution < 1.29 is 79.4 Å². The molecule has 0 fully saturated rings. The van der Waals surface area contributed by atoms with Gasteiger partial charge in [-0.3, -0.25) is 4.79 Å². The number of alkyl halides is 17. The first-order valence-electron chi connectivity index (χ1n) is 7.81. The van der Waals surface area contributed by atoms with Gasteiger partial charge in [0.2, 0.25) is 5.24 Å². The summed E-state index contributed by atoms with van der Waals surface area (Å²) in [4.78, 5) is 10.9. The van der Waals surface area contributed by atoms with Crippen molar-refractivity contribution in [1.82, 2.24) is 0 Å². The Morgan fingerprint density at radius 2 is 0.788 bits per heavy atom. The van der Waals surface area contributed by atoms with Gasteiger partial charge >= 0.3 is 47.6 Å². The van der Waals surface area contributed by atoms with Gasteiger partial charge in [-0.15, -0.1) is 0 Å². The minimum atomic E-state index is -8.66. The first-order chi connectivity index (χ1) is 13.9. The van der Waals surface area contributed by atoms with E-state index < -0.39 is 71.1 Å². The van der Waals surface area contributed by atoms with Crippen LogP contribution in [0.1, 0.15) is 26.7 Å². The molecule has 0 saturated heterocycles. The van der Waals surface area contributed by atoms with Gasteiger partial charge < -0.3 is 0 Å². The first kappa shape index (κ1) is 31.8. The summed E-state index contributed by atoms with van der Waals surface area (Å²) >= 11 is 4.88. The lowest BCUT2D eigenvalue weighted by molar-refractivity contribution is -0.461. The summed E-state index contributed by atoms with van der Waals surface area (Å²) in [6.07, 6.45) is -12.1. The minimum Gasteiger partial charge on any atom is -0.281 e. The molecule has 0 aliphatic heterocycles. The Morgan fingerprint density at radius 3 is 1.06 bits per heavy atom. The average Bonchev–Trinajstić information content (AvgIpc) is 2.57. The molecule has 0 amide bonds. The second-order valence-electron chi connectivity index (χ2n) is 7.31. The van der Waals surface area contributed by atoms with Gasteiger partial charge in [0.25, 0.3) is 0 Å². The highest BCUT2D eigenvalue weighted by Gasteiger charge is 2.95. The smallest absolute Gasteiger partial charge is 0.281 e. The van der Waals surface area contributed by atoms with Crippen LogP contribution in [0, 0.1) is 5.41 Å². The lowest BCUT2D eigenvalue weighted by Gasteiger charge is -2.43. The fourth-order valence-corrected chi connectivity index (χ4v) is 2.02. The lowest BCUT2D eigenvalue weighted by atomic mass is 9.84. The van der Waals surface area contributed by atoms with Crippen LogP contribution in [-0.4, -0.2) is 52.9 Å². The maximum Gasteiger partial charge on any atom is 0.460 e. The third-order valence-electron chi connectivity index (χ3n) is 4.38. The van der Waals surface area contributed by atoms with Gasteiger partial charge in [-0.2, -0.15) is 74.6 Å². The van der Waals surface area contributed by atoms with E-state index in [4.69, 9.17) is 11.6 Å². The molecule has 0 atom stereocenters. The number of rotatable bonds is 10. The largest absolute Gasteiger partial charge is 0.460 e. The van der Waals surface area contributed by atoms with Gasteiger partial charge in [0, 0.05) is 11.8 Å². The van der Waals surface area contributed by atoms with E-state index >= 15 is 0 Å². The molecule has 0 aliphatic rings. The highest BCUT2D eigenvalue weighted by molar-refractivity contribution is 6.64. The predicted octanol–water partition coefficient (Wildman–Crippen LogP) is 7.57. The molecule has 33 heavy (non-hydrogen) atoms. The zero-order valence-corrected chi connectivity index (χ0v) is 16.4. The monoisotopic (exact) mass is 552 g/mol. The summed E-state index contributed by atoms with van der Waals surface area (Å²) in [6, 6.07) is 0. The van der Waals surface area contributed by atoms with E-state index in [1.807, 2.05) is 0 Å². The van der Waals surface area contributed by atoms with Crippen molar-refractivity contribution in [2.24, 2.45) is 5.41 Å². The van der Waals surface area contributed by atoms with Crippen LogP contribution in [0.15, 0.2) is 0 Å². The standard InChI is InChI=1S/C14H10ClF17O/c1-6(2,5(15)33)3-4-7(16,17)8(18,19)9(20,21)10(22,23)11(24,25)12(26,27)13(28,29)14(30,31)32/h3-4H2,1-2H3. The summed E-state index contributed by atoms with van der Waals surface area (Å²) in [7, 11) is 0. The molecule has 0 rings (SSSR count). The quantitative estimate of drug-likeness (QED) is 0.202. The second-order valence-corrected chi connectivity index (χ2v) is 7.65. The van der Waals surface area contributed by atoms with Crippen molar-refractivity contribution in [3.8, 4) is 0 Å². The molecule has 0 N–H and O–H groups in total. The van der Waals surface area contributed by atoms with Gasteiger partial charge in [-0.1, -0.05) is 13.8 Å². The SMILES string of the molecule is CC(C)(CCC(F)(F)C(F)(F)C(F)(F)C(F)(F)C(F)(F)C(F)(F)C(F)(F)C(F)(F)F)C(=O)Cl. The van der Waals surface area contributed by atoms with Crippen molar-refractivity contribution in [3.05, 3.63) is 0 Å². The summed E-state index contributed by atoms with van der Waals surface area (Å²) in [5.74, 6) is -56.6. The normalized spacial score (nSPS) is 16.2. The average molecular weight is 553 g/mol. The molecule has 0 radical (unpaired) electrons. The van der Waals surface area contributed by atoms with Crippen LogP contribution in [0.3, 0.4) is 0 Å². The van der Waals surface area contributed by atoms with Gasteiger partial charge in [-0.25, -0.2) is 0 Å². The highest BCUT2D eigenvalue weighted by Crippen LogP contribution is 2.64. The summed E-state index contributed by atoms with van der Waals surface area (Å²) < 4.78 is 222. The van der Waals surface area contributed by atoms with Gasteiger partial charge in [0.05, 0.1) is 0 Å². The molecular formula is C14H10ClF17O. The van der Waals surface area contributed by atoms with E-state index in [1.165, 1.54) is 0 Å². The molecule has 0 spiro atoms. The molecule has 198 valence electrons. The highest BCUT2D eigenvalue weighted by atomic mass is 35.5. The third-order valence-corrected chi connectivity index (χ3v) is 4.89. The Balaban J connectivity index is 6.56. The van der Waals surface area contributed by atoms with E-state index in [-0.39, 0.29) is 0 Å². The molecule has 0 bridgehead atoms. The van der Waals surface area contributed by atoms with Crippen molar-refractivity contribution in [3.63, 3.8) is 0 Å². The zero-order chi connectivity index (χ0) is 27.5. The van der Waals surface area contributed by atoms with Crippen LogP contribution in [0.25, 0.3) is 0 Å². The molecule has 0 unspecified atom stereocenters. The zero-order valence-electron chi connectivity index (χ0n) is 15.6. The maximum absolute atomic E-state index is 13.7. The topological polar surface area (TPSA) is 17.1 Å². The van der Waals surface area contributed by atoms with Crippen molar-refractivity contribution in [2.45, 2.75) is 74.3 Å². The molecule has 1 nitrogen and oxygen atoms in total. The van der Waals surface area contributed by atoms with Crippen molar-refractivity contribution >= 4 is 16.8 Å². The maximum atomic E-state index is 13.7. The lowest BCUT2D eigenvalue weighted by Crippen LogP contribution is -2.74. The molecular weight excluding hydrogens is 543 g/mol. The Hall–Kier alpha value is -1.23. The minimum absolute atomic E-state index is 0.650. The van der Waals surface area contributed by atoms with E-state index in [9.17, 15) is 79.4 Å². The van der Waals surface area contributed by atoms with E-state index in [0.29, 0.717) is 13.8 Å². The molecule has 0 aliphatic carbocycles. The van der Waals surface area contributed by atoms with Gasteiger partial charge in [0.15, 0.2) is 0 Å². The number of hydrogen-bond acceptors (Lipinski definition) is 1.